The summed E-state index contributed by atoms with van der Waals surface area (Å²) in [5.41, 5.74) is 6.41. The molecular formula is C31H41ClN2O3. The summed E-state index contributed by atoms with van der Waals surface area (Å²) in [5.74, 6) is -0.828. The maximum absolute atomic E-state index is 13.3. The average molecular weight is 525 g/mol. The lowest BCUT2D eigenvalue weighted by molar-refractivity contribution is -0.145. The van der Waals surface area contributed by atoms with E-state index in [0.29, 0.717) is 29.5 Å². The predicted molar refractivity (Wildman–Crippen MR) is 148 cm³/mol. The highest BCUT2D eigenvalue weighted by Gasteiger charge is 2.40. The minimum Gasteiger partial charge on any atom is -0.481 e. The summed E-state index contributed by atoms with van der Waals surface area (Å²) < 4.78 is 0. The third-order valence-corrected chi connectivity index (χ3v) is 9.51. The van der Waals surface area contributed by atoms with Crippen molar-refractivity contribution in [3.63, 3.8) is 0 Å². The number of rotatable bonds is 7. The van der Waals surface area contributed by atoms with Crippen LogP contribution in [0.1, 0.15) is 113 Å². The Labute approximate surface area is 225 Å². The number of carboxylic acids is 1. The Hall–Kier alpha value is -2.27. The number of hydrogen-bond acceptors (Lipinski definition) is 2. The fraction of sp³-hybridized carbons (Fsp3) is 0.613. The fourth-order valence-electron chi connectivity index (χ4n) is 6.01. The van der Waals surface area contributed by atoms with E-state index in [0.717, 1.165) is 23.2 Å². The number of halogens is 1. The largest absolute Gasteiger partial charge is 0.481 e. The van der Waals surface area contributed by atoms with Gasteiger partial charge < -0.3 is 15.4 Å². The summed E-state index contributed by atoms with van der Waals surface area (Å²) in [7, 11) is 0. The van der Waals surface area contributed by atoms with Crippen LogP contribution in [0.25, 0.3) is 11.3 Å². The molecule has 1 aromatic carbocycles. The number of amides is 1. The minimum absolute atomic E-state index is 0.00103. The summed E-state index contributed by atoms with van der Waals surface area (Å²) in [5, 5.41) is 12.7. The lowest BCUT2D eigenvalue weighted by Gasteiger charge is -2.32. The number of carbonyl (C=O) groups excluding carboxylic acids is 1. The number of H-pyrrole nitrogens is 1. The Balaban J connectivity index is 1.52. The summed E-state index contributed by atoms with van der Waals surface area (Å²) in [6, 6.07) is 6.82. The lowest BCUT2D eigenvalue weighted by Crippen LogP contribution is -2.46. The van der Waals surface area contributed by atoms with Crippen LogP contribution in [0.15, 0.2) is 18.2 Å². The van der Waals surface area contributed by atoms with E-state index in [4.69, 9.17) is 11.6 Å². The van der Waals surface area contributed by atoms with Crippen molar-refractivity contribution in [1.82, 2.24) is 10.3 Å². The van der Waals surface area contributed by atoms with Crippen molar-refractivity contribution in [2.75, 3.05) is 0 Å². The highest BCUT2D eigenvalue weighted by molar-refractivity contribution is 6.35. The van der Waals surface area contributed by atoms with Gasteiger partial charge in [-0.3, -0.25) is 9.59 Å². The van der Waals surface area contributed by atoms with Gasteiger partial charge in [-0.05, 0) is 83.2 Å². The number of aliphatic carboxylic acids is 1. The second-order valence-corrected chi connectivity index (χ2v) is 13.5. The van der Waals surface area contributed by atoms with E-state index in [9.17, 15) is 14.7 Å². The molecule has 0 aliphatic heterocycles. The normalized spacial score (nSPS) is 23.4. The van der Waals surface area contributed by atoms with E-state index < -0.39 is 5.97 Å². The molecule has 0 bridgehead atoms. The van der Waals surface area contributed by atoms with Crippen molar-refractivity contribution < 1.29 is 14.7 Å². The minimum atomic E-state index is -0.792. The van der Waals surface area contributed by atoms with E-state index in [1.165, 1.54) is 56.1 Å². The molecule has 3 aliphatic carbocycles. The van der Waals surface area contributed by atoms with Gasteiger partial charge in [-0.15, -0.1) is 0 Å². The summed E-state index contributed by atoms with van der Waals surface area (Å²) in [6.45, 7) is 9.08. The van der Waals surface area contributed by atoms with Crippen molar-refractivity contribution in [2.24, 2.45) is 11.8 Å². The van der Waals surface area contributed by atoms with Gasteiger partial charge in [-0.2, -0.15) is 0 Å². The molecule has 3 N–H and O–H groups in total. The third kappa shape index (κ3) is 5.48. The third-order valence-electron chi connectivity index (χ3n) is 9.09. The molecule has 3 saturated carbocycles. The molecule has 1 heterocycles. The number of carboxylic acid groups (broad SMARTS) is 1. The zero-order valence-corrected chi connectivity index (χ0v) is 23.4. The summed E-state index contributed by atoms with van der Waals surface area (Å²) >= 11 is 7.00. The second kappa shape index (κ2) is 9.80. The Kier molecular flexibility index (Phi) is 6.97. The number of nitrogens with one attached hydrogen (secondary N) is 2. The highest BCUT2D eigenvalue weighted by atomic mass is 35.5. The molecular weight excluding hydrogens is 484 g/mol. The van der Waals surface area contributed by atoms with Crippen LogP contribution in [0.2, 0.25) is 5.02 Å². The Morgan fingerprint density at radius 1 is 1.11 bits per heavy atom. The molecule has 0 radical (unpaired) electrons. The van der Waals surface area contributed by atoms with Crippen LogP contribution in [0.5, 0.6) is 0 Å². The Morgan fingerprint density at radius 2 is 1.78 bits per heavy atom. The molecule has 5 rings (SSSR count). The van der Waals surface area contributed by atoms with Gasteiger partial charge >= 0.3 is 5.97 Å². The van der Waals surface area contributed by atoms with Gasteiger partial charge in [0.15, 0.2) is 0 Å². The molecule has 2 aromatic rings. The van der Waals surface area contributed by atoms with Crippen LogP contribution in [-0.2, 0) is 22.0 Å². The van der Waals surface area contributed by atoms with Gasteiger partial charge in [-0.25, -0.2) is 0 Å². The van der Waals surface area contributed by atoms with Crippen molar-refractivity contribution >= 4 is 23.5 Å². The van der Waals surface area contributed by atoms with Crippen molar-refractivity contribution in [3.05, 3.63) is 45.6 Å². The first kappa shape index (κ1) is 26.3. The van der Waals surface area contributed by atoms with Gasteiger partial charge in [0.1, 0.15) is 5.69 Å². The smallest absolute Gasteiger partial charge is 0.306 e. The van der Waals surface area contributed by atoms with E-state index >= 15 is 0 Å². The number of aromatic nitrogens is 1. The molecule has 37 heavy (non-hydrogen) atoms. The van der Waals surface area contributed by atoms with Crippen LogP contribution in [0.3, 0.4) is 0 Å². The molecule has 0 saturated heterocycles. The van der Waals surface area contributed by atoms with Crippen molar-refractivity contribution in [2.45, 2.75) is 109 Å². The predicted octanol–water partition coefficient (Wildman–Crippen LogP) is 7.40. The van der Waals surface area contributed by atoms with Crippen molar-refractivity contribution in [1.29, 1.82) is 0 Å². The molecule has 200 valence electrons. The molecule has 3 fully saturated rings. The first-order valence-electron chi connectivity index (χ1n) is 14.0. The topological polar surface area (TPSA) is 82.2 Å². The zero-order valence-electron chi connectivity index (χ0n) is 22.7. The van der Waals surface area contributed by atoms with Crippen LogP contribution >= 0.6 is 11.6 Å². The lowest BCUT2D eigenvalue weighted by atomic mass is 9.80. The molecule has 0 spiro atoms. The monoisotopic (exact) mass is 524 g/mol. The van der Waals surface area contributed by atoms with Gasteiger partial charge in [0, 0.05) is 6.04 Å². The molecule has 3 aliphatic rings. The standard InChI is InChI=1S/C31H41ClN2O3/c1-30(2,3)21-13-19(14-22(17-21)31(4)10-11-31)26-24(12-18-8-6-5-7-9-18)25(32)27(34-26)28(35)33-23-15-20(16-23)29(36)37/h13-14,17-18,20,23,34H,5-12,15-16H2,1-4H3,(H,33,35)(H,36,37). The summed E-state index contributed by atoms with van der Waals surface area (Å²) in [4.78, 5) is 28.0. The van der Waals surface area contributed by atoms with E-state index in [1.807, 2.05) is 0 Å². The SMILES string of the molecule is CC(C)(C)c1cc(-c2[nH]c(C(=O)NC3CC(C(=O)O)C3)c(Cl)c2CC2CCCCC2)cc(C2(C)CC2)c1. The molecule has 0 unspecified atom stereocenters. The van der Waals surface area contributed by atoms with Crippen LogP contribution in [-0.4, -0.2) is 28.0 Å². The van der Waals surface area contributed by atoms with Crippen LogP contribution < -0.4 is 5.32 Å². The average Bonchev–Trinajstić information content (AvgIpc) is 3.50. The number of carbonyl (C=O) groups is 2. The van der Waals surface area contributed by atoms with Crippen LogP contribution in [0.4, 0.5) is 0 Å². The van der Waals surface area contributed by atoms with Crippen molar-refractivity contribution in [3.8, 4) is 11.3 Å². The van der Waals surface area contributed by atoms with E-state index in [2.05, 4.69) is 56.2 Å². The number of aromatic amines is 1. The second-order valence-electron chi connectivity index (χ2n) is 13.2. The molecule has 5 nitrogen and oxygen atoms in total. The summed E-state index contributed by atoms with van der Waals surface area (Å²) in [6.07, 6.45) is 10.4. The molecule has 0 atom stereocenters. The van der Waals surface area contributed by atoms with Gasteiger partial charge in [0.2, 0.25) is 0 Å². The van der Waals surface area contributed by atoms with E-state index in [-0.39, 0.29) is 28.7 Å². The van der Waals surface area contributed by atoms with Gasteiger partial charge in [0.25, 0.3) is 5.91 Å². The Bertz CT molecular complexity index is 1170. The highest BCUT2D eigenvalue weighted by Crippen LogP contribution is 2.50. The zero-order chi connectivity index (χ0) is 26.5. The maximum atomic E-state index is 13.3. The number of benzene rings is 1. The Morgan fingerprint density at radius 3 is 2.38 bits per heavy atom. The first-order valence-corrected chi connectivity index (χ1v) is 14.4. The molecule has 6 heteroatoms. The fourth-order valence-corrected chi connectivity index (χ4v) is 6.32. The molecule has 1 aromatic heterocycles. The quantitative estimate of drug-likeness (QED) is 0.353. The van der Waals surface area contributed by atoms with Crippen LogP contribution in [0, 0.1) is 11.8 Å². The van der Waals surface area contributed by atoms with E-state index in [1.54, 1.807) is 0 Å². The maximum Gasteiger partial charge on any atom is 0.306 e. The van der Waals surface area contributed by atoms with Gasteiger partial charge in [-0.1, -0.05) is 77.5 Å². The number of hydrogen-bond donors (Lipinski definition) is 3. The van der Waals surface area contributed by atoms with Gasteiger partial charge in [0.05, 0.1) is 16.6 Å². The first-order chi connectivity index (χ1) is 17.4. The molecule has 1 amide bonds.